The van der Waals surface area contributed by atoms with Crippen molar-refractivity contribution in [2.75, 3.05) is 13.2 Å². The number of aliphatic hydroxyl groups is 1. The highest BCUT2D eigenvalue weighted by molar-refractivity contribution is 5.69. The van der Waals surface area contributed by atoms with Crippen molar-refractivity contribution in [1.82, 2.24) is 4.90 Å². The molecule has 1 heterocycles. The summed E-state index contributed by atoms with van der Waals surface area (Å²) in [4.78, 5) is 34.4. The van der Waals surface area contributed by atoms with Crippen LogP contribution in [0.5, 0.6) is 0 Å². The summed E-state index contributed by atoms with van der Waals surface area (Å²) >= 11 is 0. The molecule has 1 fully saturated rings. The minimum atomic E-state index is -0.697. The van der Waals surface area contributed by atoms with Crippen LogP contribution in [0.25, 0.3) is 0 Å². The van der Waals surface area contributed by atoms with Gasteiger partial charge in [-0.3, -0.25) is 19.8 Å². The largest absolute Gasteiger partial charge is 0.464 e. The monoisotopic (exact) mass is 338 g/mol. The van der Waals surface area contributed by atoms with Crippen molar-refractivity contribution in [3.05, 3.63) is 39.9 Å². The first-order valence-electron chi connectivity index (χ1n) is 7.35. The lowest BCUT2D eigenvalue weighted by Gasteiger charge is -2.23. The fraction of sp³-hybridized carbons (Fsp3) is 0.467. The lowest BCUT2D eigenvalue weighted by atomic mass is 10.2. The second kappa shape index (κ2) is 7.73. The van der Waals surface area contributed by atoms with Gasteiger partial charge >= 0.3 is 12.1 Å². The molecule has 9 heteroatoms. The van der Waals surface area contributed by atoms with Gasteiger partial charge in [-0.05, 0) is 24.1 Å². The predicted molar refractivity (Wildman–Crippen MR) is 81.0 cm³/mol. The number of nitro groups is 1. The molecule has 1 saturated heterocycles. The number of β-amino-alcohol motifs (C(OH)–C–C–N with tert-alkyl or cyclic N) is 1. The fourth-order valence-electron chi connectivity index (χ4n) is 2.43. The average molecular weight is 338 g/mol. The summed E-state index contributed by atoms with van der Waals surface area (Å²) in [5, 5.41) is 20.3. The highest BCUT2D eigenvalue weighted by atomic mass is 16.6. The predicted octanol–water partition coefficient (Wildman–Crippen LogP) is 1.23. The highest BCUT2D eigenvalue weighted by Crippen LogP contribution is 2.20. The van der Waals surface area contributed by atoms with Gasteiger partial charge in [0.25, 0.3) is 5.69 Å². The summed E-state index contributed by atoms with van der Waals surface area (Å²) < 4.78 is 10.1. The van der Waals surface area contributed by atoms with E-state index in [2.05, 4.69) is 0 Å². The number of rotatable bonds is 5. The van der Waals surface area contributed by atoms with Crippen LogP contribution in [0.15, 0.2) is 24.3 Å². The van der Waals surface area contributed by atoms with Gasteiger partial charge in [-0.15, -0.1) is 0 Å². The third-order valence-electron chi connectivity index (χ3n) is 3.62. The number of hydrogen-bond acceptors (Lipinski definition) is 7. The minimum absolute atomic E-state index is 0.000967. The van der Waals surface area contributed by atoms with E-state index in [4.69, 9.17) is 9.47 Å². The number of carbonyl (C=O) groups is 2. The van der Waals surface area contributed by atoms with Gasteiger partial charge in [0.15, 0.2) is 0 Å². The van der Waals surface area contributed by atoms with Gasteiger partial charge < -0.3 is 14.6 Å². The topological polar surface area (TPSA) is 119 Å². The van der Waals surface area contributed by atoms with Crippen molar-refractivity contribution >= 4 is 17.7 Å². The maximum Gasteiger partial charge on any atom is 0.410 e. The molecule has 1 aromatic rings. The van der Waals surface area contributed by atoms with Gasteiger partial charge in [0.1, 0.15) is 13.2 Å². The molecule has 130 valence electrons. The molecule has 2 atom stereocenters. The average Bonchev–Trinajstić information content (AvgIpc) is 2.92. The Hall–Kier alpha value is -2.68. The molecule has 0 unspecified atom stereocenters. The summed E-state index contributed by atoms with van der Waals surface area (Å²) in [5.41, 5.74) is 0.555. The number of amides is 1. The summed E-state index contributed by atoms with van der Waals surface area (Å²) in [6.45, 7) is 1.32. The zero-order valence-corrected chi connectivity index (χ0v) is 13.1. The van der Waals surface area contributed by atoms with Crippen LogP contribution in [-0.2, 0) is 20.9 Å². The lowest BCUT2D eigenvalue weighted by Crippen LogP contribution is -2.39. The standard InChI is InChI=1S/C15H18N2O7/c1-10(18)23-9-13-6-14(19)7-16(13)15(20)24-8-11-2-4-12(5-3-11)17(21)22/h2-5,13-14,19H,6-9H2,1H3/t13-,14+/m0/s1. The second-order valence-corrected chi connectivity index (χ2v) is 5.48. The summed E-state index contributed by atoms with van der Waals surface area (Å²) in [7, 11) is 0. The van der Waals surface area contributed by atoms with E-state index >= 15 is 0 Å². The van der Waals surface area contributed by atoms with Crippen LogP contribution in [0, 0.1) is 10.1 Å². The zero-order chi connectivity index (χ0) is 17.7. The molecule has 1 aromatic carbocycles. The first-order chi connectivity index (χ1) is 11.4. The lowest BCUT2D eigenvalue weighted by molar-refractivity contribution is -0.384. The van der Waals surface area contributed by atoms with Gasteiger partial charge in [0.05, 0.1) is 23.6 Å². The number of nitro benzene ring substituents is 1. The molecule has 0 aliphatic carbocycles. The molecule has 0 bridgehead atoms. The normalized spacial score (nSPS) is 19.8. The number of aliphatic hydroxyl groups excluding tert-OH is 1. The third-order valence-corrected chi connectivity index (χ3v) is 3.62. The van der Waals surface area contributed by atoms with E-state index in [1.807, 2.05) is 0 Å². The molecule has 1 N–H and O–H groups in total. The first kappa shape index (κ1) is 17.7. The Morgan fingerprint density at radius 3 is 2.58 bits per heavy atom. The molecule has 0 aromatic heterocycles. The number of carbonyl (C=O) groups excluding carboxylic acids is 2. The molecular weight excluding hydrogens is 320 g/mol. The van der Waals surface area contributed by atoms with Crippen LogP contribution in [0.3, 0.4) is 0 Å². The number of non-ortho nitro benzene ring substituents is 1. The molecule has 24 heavy (non-hydrogen) atoms. The van der Waals surface area contributed by atoms with Crippen molar-refractivity contribution in [3.8, 4) is 0 Å². The van der Waals surface area contributed by atoms with Crippen LogP contribution >= 0.6 is 0 Å². The van der Waals surface area contributed by atoms with Crippen LogP contribution in [-0.4, -0.2) is 52.3 Å². The summed E-state index contributed by atoms with van der Waals surface area (Å²) in [5.74, 6) is -0.462. The van der Waals surface area contributed by atoms with E-state index in [0.717, 1.165) is 0 Å². The maximum atomic E-state index is 12.1. The minimum Gasteiger partial charge on any atom is -0.464 e. The van der Waals surface area contributed by atoms with Crippen LogP contribution in [0.2, 0.25) is 0 Å². The number of likely N-dealkylation sites (tertiary alicyclic amines) is 1. The maximum absolute atomic E-state index is 12.1. The number of ether oxygens (including phenoxy) is 2. The Morgan fingerprint density at radius 1 is 1.33 bits per heavy atom. The Kier molecular flexibility index (Phi) is 5.69. The van der Waals surface area contributed by atoms with Gasteiger partial charge in [0, 0.05) is 19.1 Å². The Bertz CT molecular complexity index is 617. The van der Waals surface area contributed by atoms with Crippen molar-refractivity contribution < 1.29 is 29.1 Å². The Labute approximate surface area is 137 Å². The Morgan fingerprint density at radius 2 is 2.00 bits per heavy atom. The fourth-order valence-corrected chi connectivity index (χ4v) is 2.43. The zero-order valence-electron chi connectivity index (χ0n) is 13.1. The van der Waals surface area contributed by atoms with Crippen LogP contribution in [0.1, 0.15) is 18.9 Å². The number of nitrogens with zero attached hydrogens (tertiary/aromatic N) is 2. The molecule has 9 nitrogen and oxygen atoms in total. The molecule has 1 aliphatic heterocycles. The van der Waals surface area contributed by atoms with E-state index in [1.165, 1.54) is 36.1 Å². The third kappa shape index (κ3) is 4.66. The van der Waals surface area contributed by atoms with Gasteiger partial charge in [-0.2, -0.15) is 0 Å². The number of benzene rings is 1. The van der Waals surface area contributed by atoms with Crippen LogP contribution in [0.4, 0.5) is 10.5 Å². The van der Waals surface area contributed by atoms with Gasteiger partial charge in [0.2, 0.25) is 0 Å². The van der Waals surface area contributed by atoms with E-state index in [-0.39, 0.29) is 25.4 Å². The highest BCUT2D eigenvalue weighted by Gasteiger charge is 2.36. The quantitative estimate of drug-likeness (QED) is 0.487. The summed E-state index contributed by atoms with van der Waals surface area (Å²) in [6.07, 6.45) is -1.03. The molecule has 0 saturated carbocycles. The first-order valence-corrected chi connectivity index (χ1v) is 7.35. The second-order valence-electron chi connectivity index (χ2n) is 5.48. The van der Waals surface area contributed by atoms with E-state index in [0.29, 0.717) is 12.0 Å². The SMILES string of the molecule is CC(=O)OC[C@@H]1C[C@@H](O)CN1C(=O)OCc1ccc([N+](=O)[O-])cc1. The molecule has 2 rings (SSSR count). The van der Waals surface area contributed by atoms with Gasteiger partial charge in [-0.1, -0.05) is 0 Å². The van der Waals surface area contributed by atoms with E-state index in [1.54, 1.807) is 0 Å². The molecule has 1 amide bonds. The van der Waals surface area contributed by atoms with E-state index in [9.17, 15) is 24.8 Å². The van der Waals surface area contributed by atoms with Crippen molar-refractivity contribution in [2.45, 2.75) is 32.1 Å². The van der Waals surface area contributed by atoms with Crippen molar-refractivity contribution in [1.29, 1.82) is 0 Å². The number of esters is 1. The molecule has 1 aliphatic rings. The molecule has 0 radical (unpaired) electrons. The Balaban J connectivity index is 1.90. The van der Waals surface area contributed by atoms with Crippen LogP contribution < -0.4 is 0 Å². The molecule has 0 spiro atoms. The molecular formula is C15H18N2O7. The van der Waals surface area contributed by atoms with Gasteiger partial charge in [-0.25, -0.2) is 4.79 Å². The van der Waals surface area contributed by atoms with E-state index < -0.39 is 29.1 Å². The van der Waals surface area contributed by atoms with Crippen molar-refractivity contribution in [2.24, 2.45) is 0 Å². The smallest absolute Gasteiger partial charge is 0.410 e. The number of hydrogen-bond donors (Lipinski definition) is 1. The summed E-state index contributed by atoms with van der Waals surface area (Å²) in [6, 6.07) is 5.22. The van der Waals surface area contributed by atoms with Crippen molar-refractivity contribution in [3.63, 3.8) is 0 Å².